The molecule has 10 heteroatoms. The molecule has 0 bridgehead atoms. The van der Waals surface area contributed by atoms with E-state index < -0.39 is 11.6 Å². The summed E-state index contributed by atoms with van der Waals surface area (Å²) in [5, 5.41) is 15.7. The van der Waals surface area contributed by atoms with Gasteiger partial charge in [-0.25, -0.2) is 0 Å². The molecule has 3 rings (SSSR count). The number of carbonyl (C=O) groups is 2. The third kappa shape index (κ3) is 7.30. The van der Waals surface area contributed by atoms with Gasteiger partial charge in [0.05, 0.1) is 14.2 Å². The zero-order valence-electron chi connectivity index (χ0n) is 23.5. The van der Waals surface area contributed by atoms with Crippen molar-refractivity contribution >= 4 is 17.5 Å². The fourth-order valence-corrected chi connectivity index (χ4v) is 4.03. The van der Waals surface area contributed by atoms with Gasteiger partial charge in [0, 0.05) is 16.8 Å². The lowest BCUT2D eigenvalue weighted by atomic mass is 9.98. The van der Waals surface area contributed by atoms with Crippen LogP contribution in [-0.2, 0) is 16.1 Å². The zero-order chi connectivity index (χ0) is 28.0. The zero-order valence-corrected chi connectivity index (χ0v) is 23.5. The third-order valence-electron chi connectivity index (χ3n) is 5.76. The Hall–Kier alpha value is -3.95. The summed E-state index contributed by atoms with van der Waals surface area (Å²) in [5.41, 5.74) is 1.91. The van der Waals surface area contributed by atoms with E-state index in [-0.39, 0.29) is 24.3 Å². The SMILES string of the molecule is COc1ccc(-c2nnn(CC(=O)N(c3ccc(C)cc3)C(CC(C)C)C(=O)NC(C)(C)C)n2)cc1OC. The molecule has 38 heavy (non-hydrogen) atoms. The maximum Gasteiger partial charge on any atom is 0.251 e. The highest BCUT2D eigenvalue weighted by atomic mass is 16.5. The molecule has 0 radical (unpaired) electrons. The van der Waals surface area contributed by atoms with Gasteiger partial charge in [0.25, 0.3) is 5.91 Å². The van der Waals surface area contributed by atoms with Crippen LogP contribution in [0.5, 0.6) is 11.5 Å². The van der Waals surface area contributed by atoms with E-state index in [0.29, 0.717) is 35.0 Å². The second-order valence-corrected chi connectivity index (χ2v) is 10.7. The maximum absolute atomic E-state index is 13.8. The molecular weight excluding hydrogens is 484 g/mol. The Morgan fingerprint density at radius 3 is 2.26 bits per heavy atom. The topological polar surface area (TPSA) is 111 Å². The van der Waals surface area contributed by atoms with Gasteiger partial charge >= 0.3 is 0 Å². The largest absolute Gasteiger partial charge is 0.493 e. The van der Waals surface area contributed by atoms with Gasteiger partial charge < -0.3 is 14.8 Å². The number of anilines is 1. The van der Waals surface area contributed by atoms with Gasteiger partial charge in [-0.15, -0.1) is 10.2 Å². The van der Waals surface area contributed by atoms with Crippen molar-refractivity contribution in [2.75, 3.05) is 19.1 Å². The van der Waals surface area contributed by atoms with Crippen molar-refractivity contribution < 1.29 is 19.1 Å². The van der Waals surface area contributed by atoms with Crippen molar-refractivity contribution in [3.05, 3.63) is 48.0 Å². The molecule has 1 N–H and O–H groups in total. The van der Waals surface area contributed by atoms with E-state index in [1.807, 2.05) is 65.8 Å². The van der Waals surface area contributed by atoms with Crippen molar-refractivity contribution in [2.24, 2.45) is 5.92 Å². The van der Waals surface area contributed by atoms with Gasteiger partial charge in [0.15, 0.2) is 11.5 Å². The maximum atomic E-state index is 13.8. The van der Waals surface area contributed by atoms with Gasteiger partial charge in [-0.05, 0) is 75.6 Å². The van der Waals surface area contributed by atoms with Crippen molar-refractivity contribution in [3.8, 4) is 22.9 Å². The van der Waals surface area contributed by atoms with Gasteiger partial charge in [0.2, 0.25) is 11.7 Å². The molecule has 204 valence electrons. The summed E-state index contributed by atoms with van der Waals surface area (Å²) in [5.74, 6) is 1.09. The lowest BCUT2D eigenvalue weighted by Gasteiger charge is -2.34. The smallest absolute Gasteiger partial charge is 0.251 e. The summed E-state index contributed by atoms with van der Waals surface area (Å²) in [7, 11) is 3.11. The molecule has 0 saturated heterocycles. The van der Waals surface area contributed by atoms with E-state index in [2.05, 4.69) is 20.7 Å². The van der Waals surface area contributed by atoms with E-state index in [0.717, 1.165) is 5.56 Å². The minimum atomic E-state index is -0.710. The molecule has 3 aromatic rings. The number of aryl methyl sites for hydroxylation is 1. The van der Waals surface area contributed by atoms with Crippen LogP contribution in [0.1, 0.15) is 46.6 Å². The molecule has 1 aromatic heterocycles. The van der Waals surface area contributed by atoms with Crippen LogP contribution in [0, 0.1) is 12.8 Å². The number of carbonyl (C=O) groups excluding carboxylic acids is 2. The summed E-state index contributed by atoms with van der Waals surface area (Å²) in [4.78, 5) is 30.1. The van der Waals surface area contributed by atoms with Crippen LogP contribution in [0.15, 0.2) is 42.5 Å². The summed E-state index contributed by atoms with van der Waals surface area (Å²) < 4.78 is 10.7. The molecule has 10 nitrogen and oxygen atoms in total. The molecule has 2 amide bonds. The minimum absolute atomic E-state index is 0.174. The van der Waals surface area contributed by atoms with Gasteiger partial charge in [-0.1, -0.05) is 31.5 Å². The summed E-state index contributed by atoms with van der Waals surface area (Å²) in [6, 6.07) is 12.1. The summed E-state index contributed by atoms with van der Waals surface area (Å²) in [6.45, 7) is 11.6. The number of hydrogen-bond acceptors (Lipinski definition) is 7. The molecule has 2 aromatic carbocycles. The number of methoxy groups -OCH3 is 2. The Bertz CT molecular complexity index is 1250. The van der Waals surface area contributed by atoms with Crippen LogP contribution in [-0.4, -0.2) is 57.8 Å². The number of hydrogen-bond donors (Lipinski definition) is 1. The lowest BCUT2D eigenvalue weighted by molar-refractivity contribution is -0.128. The number of nitrogens with one attached hydrogen (secondary N) is 1. The molecule has 0 fully saturated rings. The first-order valence-electron chi connectivity index (χ1n) is 12.6. The first-order valence-corrected chi connectivity index (χ1v) is 12.6. The van der Waals surface area contributed by atoms with Gasteiger partial charge in [-0.3, -0.25) is 14.5 Å². The highest BCUT2D eigenvalue weighted by molar-refractivity contribution is 6.00. The number of tetrazole rings is 1. The van der Waals surface area contributed by atoms with E-state index in [4.69, 9.17) is 9.47 Å². The Morgan fingerprint density at radius 1 is 1.03 bits per heavy atom. The number of rotatable bonds is 10. The lowest BCUT2D eigenvalue weighted by Crippen LogP contribution is -2.55. The molecule has 1 heterocycles. The fraction of sp³-hybridized carbons (Fsp3) is 0.464. The minimum Gasteiger partial charge on any atom is -0.493 e. The number of ether oxygens (including phenoxy) is 2. The molecule has 1 unspecified atom stereocenters. The number of nitrogens with zero attached hydrogens (tertiary/aromatic N) is 5. The van der Waals surface area contributed by atoms with Crippen LogP contribution in [0.4, 0.5) is 5.69 Å². The normalized spacial score (nSPS) is 12.2. The number of benzene rings is 2. The Kier molecular flexibility index (Phi) is 9.08. The molecular formula is C28H38N6O4. The second kappa shape index (κ2) is 12.1. The predicted molar refractivity (Wildman–Crippen MR) is 146 cm³/mol. The summed E-state index contributed by atoms with van der Waals surface area (Å²) in [6.07, 6.45) is 0.489. The predicted octanol–water partition coefficient (Wildman–Crippen LogP) is 4.03. The van der Waals surface area contributed by atoms with Crippen LogP contribution < -0.4 is 19.7 Å². The molecule has 0 spiro atoms. The van der Waals surface area contributed by atoms with Crippen molar-refractivity contribution in [1.29, 1.82) is 0 Å². The van der Waals surface area contributed by atoms with Crippen LogP contribution in [0.3, 0.4) is 0 Å². The van der Waals surface area contributed by atoms with Gasteiger partial charge in [-0.2, -0.15) is 4.80 Å². The van der Waals surface area contributed by atoms with E-state index >= 15 is 0 Å². The summed E-state index contributed by atoms with van der Waals surface area (Å²) >= 11 is 0. The van der Waals surface area contributed by atoms with Crippen LogP contribution in [0.2, 0.25) is 0 Å². The van der Waals surface area contributed by atoms with Gasteiger partial charge in [0.1, 0.15) is 12.6 Å². The second-order valence-electron chi connectivity index (χ2n) is 10.7. The van der Waals surface area contributed by atoms with Crippen LogP contribution >= 0.6 is 0 Å². The third-order valence-corrected chi connectivity index (χ3v) is 5.76. The monoisotopic (exact) mass is 522 g/mol. The first kappa shape index (κ1) is 28.6. The highest BCUT2D eigenvalue weighted by Crippen LogP contribution is 2.31. The molecule has 0 aliphatic rings. The molecule has 0 aliphatic carbocycles. The van der Waals surface area contributed by atoms with Crippen molar-refractivity contribution in [3.63, 3.8) is 0 Å². The molecule has 1 atom stereocenters. The fourth-order valence-electron chi connectivity index (χ4n) is 4.03. The van der Waals surface area contributed by atoms with E-state index in [1.54, 1.807) is 37.3 Å². The van der Waals surface area contributed by atoms with Crippen molar-refractivity contribution in [2.45, 2.75) is 66.1 Å². The Morgan fingerprint density at radius 2 is 1.68 bits per heavy atom. The van der Waals surface area contributed by atoms with E-state index in [9.17, 15) is 9.59 Å². The average molecular weight is 523 g/mol. The number of amides is 2. The quantitative estimate of drug-likeness (QED) is 0.428. The van der Waals surface area contributed by atoms with Crippen molar-refractivity contribution in [1.82, 2.24) is 25.5 Å². The standard InChI is InChI=1S/C28H38N6O4/c1-18(2)15-22(27(36)29-28(4,5)6)34(21-12-9-19(3)10-13-21)25(35)17-33-31-26(30-32-33)20-11-14-23(37-7)24(16-20)38-8/h9-14,16,18,22H,15,17H2,1-8H3,(H,29,36). The highest BCUT2D eigenvalue weighted by Gasteiger charge is 2.34. The number of aromatic nitrogens is 4. The molecule has 0 aliphatic heterocycles. The Labute approximate surface area is 224 Å². The first-order chi connectivity index (χ1) is 17.9. The molecule has 0 saturated carbocycles. The Balaban J connectivity index is 1.94. The average Bonchev–Trinajstić information content (AvgIpc) is 3.31. The van der Waals surface area contributed by atoms with E-state index in [1.165, 1.54) is 4.80 Å². The van der Waals surface area contributed by atoms with Crippen LogP contribution in [0.25, 0.3) is 11.4 Å².